The summed E-state index contributed by atoms with van der Waals surface area (Å²) in [6.45, 7) is 3.06. The summed E-state index contributed by atoms with van der Waals surface area (Å²) in [7, 11) is 0. The number of amidine groups is 1. The number of hydrogen-bond donors (Lipinski definition) is 2. The number of anilines is 1. The Morgan fingerprint density at radius 2 is 2.40 bits per heavy atom. The van der Waals surface area contributed by atoms with E-state index in [1.165, 1.54) is 6.07 Å². The summed E-state index contributed by atoms with van der Waals surface area (Å²) >= 11 is 0. The van der Waals surface area contributed by atoms with Gasteiger partial charge >= 0.3 is 0 Å². The highest BCUT2D eigenvalue weighted by Gasteiger charge is 2.10. The van der Waals surface area contributed by atoms with Crippen LogP contribution < -0.4 is 10.6 Å². The number of nitrogens with one attached hydrogen (secondary N) is 1. The quantitative estimate of drug-likeness (QED) is 0.570. The summed E-state index contributed by atoms with van der Waals surface area (Å²) in [6, 6.07) is 2.93. The van der Waals surface area contributed by atoms with Crippen molar-refractivity contribution in [2.24, 2.45) is 5.73 Å². The summed E-state index contributed by atoms with van der Waals surface area (Å²) in [5.41, 5.74) is 5.25. The molecule has 4 nitrogen and oxygen atoms in total. The molecule has 82 valence electrons. The van der Waals surface area contributed by atoms with E-state index in [1.807, 2.05) is 6.92 Å². The molecule has 15 heavy (non-hydrogen) atoms. The molecule has 0 aliphatic heterocycles. The third-order valence-corrected chi connectivity index (χ3v) is 2.07. The zero-order chi connectivity index (χ0) is 11.3. The number of halogens is 1. The Kier molecular flexibility index (Phi) is 4.03. The van der Waals surface area contributed by atoms with Gasteiger partial charge in [-0.2, -0.15) is 0 Å². The van der Waals surface area contributed by atoms with Crippen molar-refractivity contribution in [3.05, 3.63) is 24.1 Å². The minimum atomic E-state index is -0.345. The van der Waals surface area contributed by atoms with Gasteiger partial charge in [0.25, 0.3) is 0 Å². The molecule has 1 rings (SSSR count). The van der Waals surface area contributed by atoms with Crippen molar-refractivity contribution in [2.45, 2.75) is 13.3 Å². The lowest BCUT2D eigenvalue weighted by molar-refractivity contribution is 0.610. The lowest BCUT2D eigenvalue weighted by Crippen LogP contribution is -2.29. The average molecular weight is 210 g/mol. The first-order chi connectivity index (χ1) is 7.15. The summed E-state index contributed by atoms with van der Waals surface area (Å²) in [4.78, 5) is 5.73. The normalized spacial score (nSPS) is 10.0. The number of aromatic nitrogens is 1. The average Bonchev–Trinajstić information content (AvgIpc) is 2.21. The van der Waals surface area contributed by atoms with Crippen LogP contribution in [-0.2, 0) is 0 Å². The Hall–Kier alpha value is -1.65. The fourth-order valence-corrected chi connectivity index (χ4v) is 1.28. The Morgan fingerprint density at radius 3 is 2.93 bits per heavy atom. The second-order valence-corrected chi connectivity index (χ2v) is 3.16. The fourth-order valence-electron chi connectivity index (χ4n) is 1.28. The molecule has 0 amide bonds. The zero-order valence-corrected chi connectivity index (χ0v) is 8.70. The summed E-state index contributed by atoms with van der Waals surface area (Å²) < 4.78 is 13.4. The second kappa shape index (κ2) is 5.29. The van der Waals surface area contributed by atoms with Crippen molar-refractivity contribution in [1.29, 1.82) is 5.41 Å². The van der Waals surface area contributed by atoms with Gasteiger partial charge in [0.15, 0.2) is 11.6 Å². The van der Waals surface area contributed by atoms with Gasteiger partial charge in [-0.25, -0.2) is 9.37 Å². The first kappa shape index (κ1) is 11.4. The molecule has 1 aromatic heterocycles. The van der Waals surface area contributed by atoms with Crippen LogP contribution in [0, 0.1) is 11.2 Å². The molecule has 5 heteroatoms. The molecular weight excluding hydrogens is 195 g/mol. The number of rotatable bonds is 5. The van der Waals surface area contributed by atoms with Crippen molar-refractivity contribution in [3.8, 4) is 0 Å². The predicted molar refractivity (Wildman–Crippen MR) is 58.6 cm³/mol. The van der Waals surface area contributed by atoms with E-state index in [2.05, 4.69) is 4.98 Å². The fraction of sp³-hybridized carbons (Fsp3) is 0.400. The molecule has 0 aliphatic carbocycles. The highest BCUT2D eigenvalue weighted by Crippen LogP contribution is 2.14. The molecule has 3 N–H and O–H groups in total. The van der Waals surface area contributed by atoms with Gasteiger partial charge in [0.1, 0.15) is 0 Å². The smallest absolute Gasteiger partial charge is 0.165 e. The highest BCUT2D eigenvalue weighted by molar-refractivity contribution is 5.77. The highest BCUT2D eigenvalue weighted by atomic mass is 19.1. The third kappa shape index (κ3) is 3.19. The van der Waals surface area contributed by atoms with Crippen LogP contribution in [0.25, 0.3) is 0 Å². The zero-order valence-electron chi connectivity index (χ0n) is 8.70. The Bertz CT molecular complexity index is 340. The standard InChI is InChI=1S/C10H15FN4/c1-2-15(7-5-9(12)13)10-8(11)4-3-6-14-10/h3-4,6H,2,5,7H2,1H3,(H3,12,13). The molecule has 0 bridgehead atoms. The van der Waals surface area contributed by atoms with E-state index in [0.29, 0.717) is 25.3 Å². The number of pyridine rings is 1. The number of nitrogens with zero attached hydrogens (tertiary/aromatic N) is 2. The number of hydrogen-bond acceptors (Lipinski definition) is 3. The van der Waals surface area contributed by atoms with Gasteiger partial charge in [0.2, 0.25) is 0 Å². The van der Waals surface area contributed by atoms with Crippen LogP contribution in [0.3, 0.4) is 0 Å². The molecular formula is C10H15FN4. The summed E-state index contributed by atoms with van der Waals surface area (Å²) in [5, 5.41) is 7.12. The molecule has 0 fully saturated rings. The molecule has 0 aliphatic rings. The molecule has 0 saturated heterocycles. The SMILES string of the molecule is CCN(CCC(=N)N)c1ncccc1F. The van der Waals surface area contributed by atoms with Crippen LogP contribution in [0.2, 0.25) is 0 Å². The van der Waals surface area contributed by atoms with Crippen molar-refractivity contribution >= 4 is 11.7 Å². The van der Waals surface area contributed by atoms with Gasteiger partial charge in [-0.1, -0.05) is 0 Å². The first-order valence-electron chi connectivity index (χ1n) is 4.83. The molecule has 0 radical (unpaired) electrons. The van der Waals surface area contributed by atoms with Gasteiger partial charge < -0.3 is 10.6 Å². The third-order valence-electron chi connectivity index (χ3n) is 2.07. The van der Waals surface area contributed by atoms with Gasteiger partial charge in [0, 0.05) is 25.7 Å². The van der Waals surface area contributed by atoms with E-state index in [-0.39, 0.29) is 11.7 Å². The van der Waals surface area contributed by atoms with E-state index in [4.69, 9.17) is 11.1 Å². The van der Waals surface area contributed by atoms with Crippen molar-refractivity contribution < 1.29 is 4.39 Å². The maximum Gasteiger partial charge on any atom is 0.165 e. The molecule has 1 heterocycles. The van der Waals surface area contributed by atoms with E-state index < -0.39 is 0 Å². The minimum absolute atomic E-state index is 0.102. The van der Waals surface area contributed by atoms with Crippen LogP contribution in [0.4, 0.5) is 10.2 Å². The van der Waals surface area contributed by atoms with Crippen molar-refractivity contribution in [1.82, 2.24) is 4.98 Å². The molecule has 0 unspecified atom stereocenters. The number of nitrogens with two attached hydrogens (primary N) is 1. The van der Waals surface area contributed by atoms with Crippen LogP contribution >= 0.6 is 0 Å². The van der Waals surface area contributed by atoms with Crippen LogP contribution in [-0.4, -0.2) is 23.9 Å². The lowest BCUT2D eigenvalue weighted by atomic mass is 10.3. The molecule has 0 aromatic carbocycles. The maximum absolute atomic E-state index is 13.4. The monoisotopic (exact) mass is 210 g/mol. The van der Waals surface area contributed by atoms with Crippen LogP contribution in [0.15, 0.2) is 18.3 Å². The van der Waals surface area contributed by atoms with E-state index in [9.17, 15) is 4.39 Å². The van der Waals surface area contributed by atoms with Gasteiger partial charge in [-0.3, -0.25) is 5.41 Å². The Labute approximate surface area is 88.4 Å². The summed E-state index contributed by atoms with van der Waals surface area (Å²) in [5.74, 6) is 0.0777. The maximum atomic E-state index is 13.4. The summed E-state index contributed by atoms with van der Waals surface area (Å²) in [6.07, 6.45) is 1.97. The van der Waals surface area contributed by atoms with Gasteiger partial charge in [-0.05, 0) is 19.1 Å². The largest absolute Gasteiger partial charge is 0.388 e. The topological polar surface area (TPSA) is 66.0 Å². The minimum Gasteiger partial charge on any atom is -0.388 e. The van der Waals surface area contributed by atoms with Gasteiger partial charge in [-0.15, -0.1) is 0 Å². The Balaban J connectivity index is 2.74. The first-order valence-corrected chi connectivity index (χ1v) is 4.83. The predicted octanol–water partition coefficient (Wildman–Crippen LogP) is 1.37. The molecule has 0 atom stereocenters. The van der Waals surface area contributed by atoms with E-state index in [1.54, 1.807) is 17.2 Å². The molecule has 0 spiro atoms. The van der Waals surface area contributed by atoms with Crippen LogP contribution in [0.1, 0.15) is 13.3 Å². The molecule has 1 aromatic rings. The van der Waals surface area contributed by atoms with Gasteiger partial charge in [0.05, 0.1) is 5.84 Å². The Morgan fingerprint density at radius 1 is 1.67 bits per heavy atom. The molecule has 0 saturated carbocycles. The van der Waals surface area contributed by atoms with E-state index >= 15 is 0 Å². The lowest BCUT2D eigenvalue weighted by Gasteiger charge is -2.21. The van der Waals surface area contributed by atoms with Crippen LogP contribution in [0.5, 0.6) is 0 Å². The van der Waals surface area contributed by atoms with E-state index in [0.717, 1.165) is 0 Å². The van der Waals surface area contributed by atoms with Crippen molar-refractivity contribution in [3.63, 3.8) is 0 Å². The second-order valence-electron chi connectivity index (χ2n) is 3.16. The van der Waals surface area contributed by atoms with Crippen molar-refractivity contribution in [2.75, 3.05) is 18.0 Å².